The van der Waals surface area contributed by atoms with Crippen LogP contribution in [0.5, 0.6) is 17.2 Å². The van der Waals surface area contributed by atoms with Crippen LogP contribution in [-0.2, 0) is 22.7 Å². The van der Waals surface area contributed by atoms with E-state index in [2.05, 4.69) is 4.98 Å². The van der Waals surface area contributed by atoms with E-state index in [0.717, 1.165) is 11.1 Å². The smallest absolute Gasteiger partial charge is 0.295 e. The molecule has 41 heavy (non-hydrogen) atoms. The number of aliphatic hydroxyl groups is 1. The van der Waals surface area contributed by atoms with Crippen molar-refractivity contribution in [3.8, 4) is 17.2 Å². The van der Waals surface area contributed by atoms with Gasteiger partial charge in [0.15, 0.2) is 11.5 Å². The summed E-state index contributed by atoms with van der Waals surface area (Å²) < 4.78 is 17.2. The van der Waals surface area contributed by atoms with Crippen molar-refractivity contribution in [2.45, 2.75) is 26.1 Å². The number of pyridine rings is 1. The van der Waals surface area contributed by atoms with E-state index < -0.39 is 17.7 Å². The van der Waals surface area contributed by atoms with Crippen molar-refractivity contribution in [2.75, 3.05) is 13.7 Å². The average Bonchev–Trinajstić information content (AvgIpc) is 3.26. The van der Waals surface area contributed by atoms with Gasteiger partial charge in [0.2, 0.25) is 0 Å². The van der Waals surface area contributed by atoms with Gasteiger partial charge in [0.25, 0.3) is 11.7 Å². The van der Waals surface area contributed by atoms with Crippen LogP contribution in [0.2, 0.25) is 0 Å². The average molecular weight is 551 g/mol. The van der Waals surface area contributed by atoms with Gasteiger partial charge in [0, 0.05) is 24.5 Å². The zero-order valence-electron chi connectivity index (χ0n) is 22.8. The quantitative estimate of drug-likeness (QED) is 0.154. The highest BCUT2D eigenvalue weighted by atomic mass is 16.5. The number of carbonyl (C=O) groups is 2. The Labute approximate surface area is 238 Å². The van der Waals surface area contributed by atoms with E-state index in [1.165, 1.54) is 4.90 Å². The molecule has 0 bridgehead atoms. The molecule has 0 radical (unpaired) electrons. The number of hydrogen-bond donors (Lipinski definition) is 1. The van der Waals surface area contributed by atoms with Crippen LogP contribution in [0.4, 0.5) is 0 Å². The van der Waals surface area contributed by atoms with Crippen molar-refractivity contribution in [2.24, 2.45) is 0 Å². The molecular weight excluding hydrogens is 520 g/mol. The third kappa shape index (κ3) is 5.91. The monoisotopic (exact) mass is 550 g/mol. The van der Waals surface area contributed by atoms with E-state index in [-0.39, 0.29) is 17.9 Å². The number of aromatic nitrogens is 1. The zero-order chi connectivity index (χ0) is 28.8. The fourth-order valence-corrected chi connectivity index (χ4v) is 4.80. The van der Waals surface area contributed by atoms with Crippen molar-refractivity contribution in [1.29, 1.82) is 0 Å². The van der Waals surface area contributed by atoms with Crippen LogP contribution in [0.1, 0.15) is 35.2 Å². The highest BCUT2D eigenvalue weighted by molar-refractivity contribution is 6.46. The second kappa shape index (κ2) is 12.4. The molecule has 1 aliphatic heterocycles. The third-order valence-corrected chi connectivity index (χ3v) is 6.83. The number of nitrogens with zero attached hydrogens (tertiary/aromatic N) is 2. The summed E-state index contributed by atoms with van der Waals surface area (Å²) in [5, 5.41) is 11.4. The van der Waals surface area contributed by atoms with E-state index in [0.29, 0.717) is 41.6 Å². The van der Waals surface area contributed by atoms with Gasteiger partial charge in [-0.25, -0.2) is 0 Å². The molecule has 208 valence electrons. The summed E-state index contributed by atoms with van der Waals surface area (Å²) >= 11 is 0. The van der Waals surface area contributed by atoms with Gasteiger partial charge < -0.3 is 24.2 Å². The first-order chi connectivity index (χ1) is 20.0. The fourth-order valence-electron chi connectivity index (χ4n) is 4.80. The largest absolute Gasteiger partial charge is 0.507 e. The Kier molecular flexibility index (Phi) is 8.29. The number of amides is 1. The Morgan fingerprint density at radius 1 is 0.878 bits per heavy atom. The normalized spacial score (nSPS) is 16.0. The molecular formula is C33H30N2O6. The summed E-state index contributed by atoms with van der Waals surface area (Å²) in [5.74, 6) is -0.135. The third-order valence-electron chi connectivity index (χ3n) is 6.83. The Bertz CT molecular complexity index is 1550. The Balaban J connectivity index is 1.58. The van der Waals surface area contributed by atoms with Crippen molar-refractivity contribution in [1.82, 2.24) is 9.88 Å². The first-order valence-electron chi connectivity index (χ1n) is 13.2. The zero-order valence-corrected chi connectivity index (χ0v) is 22.8. The second-order valence-electron chi connectivity index (χ2n) is 9.42. The minimum absolute atomic E-state index is 0.00498. The van der Waals surface area contributed by atoms with Crippen LogP contribution in [0.15, 0.2) is 103 Å². The molecule has 1 aliphatic rings. The van der Waals surface area contributed by atoms with Crippen molar-refractivity contribution in [3.05, 3.63) is 125 Å². The van der Waals surface area contributed by atoms with Gasteiger partial charge >= 0.3 is 0 Å². The van der Waals surface area contributed by atoms with Gasteiger partial charge in [-0.05, 0) is 72.1 Å². The Morgan fingerprint density at radius 3 is 2.29 bits per heavy atom. The van der Waals surface area contributed by atoms with E-state index >= 15 is 0 Å². The van der Waals surface area contributed by atoms with Crippen molar-refractivity contribution < 1.29 is 28.9 Å². The molecule has 1 amide bonds. The van der Waals surface area contributed by atoms with Crippen LogP contribution in [0.3, 0.4) is 0 Å². The summed E-state index contributed by atoms with van der Waals surface area (Å²) in [6.45, 7) is 2.74. The molecule has 0 spiro atoms. The first kappa shape index (κ1) is 27.5. The number of Topliss-reactive ketones (excluding diaryl/α,β-unsaturated/α-hetero) is 1. The fraction of sp³-hybridized carbons (Fsp3) is 0.182. The molecule has 3 aromatic carbocycles. The van der Waals surface area contributed by atoms with E-state index in [1.807, 2.05) is 37.3 Å². The van der Waals surface area contributed by atoms with Crippen LogP contribution in [-0.4, -0.2) is 40.4 Å². The van der Waals surface area contributed by atoms with Crippen LogP contribution in [0, 0.1) is 0 Å². The minimum Gasteiger partial charge on any atom is -0.507 e. The molecule has 8 heteroatoms. The van der Waals surface area contributed by atoms with Gasteiger partial charge in [-0.3, -0.25) is 14.6 Å². The van der Waals surface area contributed by atoms with Gasteiger partial charge in [0.1, 0.15) is 18.1 Å². The molecule has 1 N–H and O–H groups in total. The maximum absolute atomic E-state index is 13.5. The lowest BCUT2D eigenvalue weighted by Gasteiger charge is -2.26. The number of carbonyl (C=O) groups excluding carboxylic acids is 2. The first-order valence-corrected chi connectivity index (χ1v) is 13.2. The predicted octanol–water partition coefficient (Wildman–Crippen LogP) is 5.69. The van der Waals surface area contributed by atoms with Crippen LogP contribution >= 0.6 is 0 Å². The molecule has 4 aromatic rings. The summed E-state index contributed by atoms with van der Waals surface area (Å²) in [6.07, 6.45) is 3.26. The van der Waals surface area contributed by atoms with E-state index in [4.69, 9.17) is 14.2 Å². The number of ketones is 1. The maximum Gasteiger partial charge on any atom is 0.295 e. The number of hydrogen-bond acceptors (Lipinski definition) is 7. The Morgan fingerprint density at radius 2 is 1.61 bits per heavy atom. The number of aliphatic hydroxyl groups excluding tert-OH is 1. The highest BCUT2D eigenvalue weighted by Gasteiger charge is 2.46. The van der Waals surface area contributed by atoms with E-state index in [1.54, 1.807) is 74.1 Å². The van der Waals surface area contributed by atoms with Crippen LogP contribution in [0.25, 0.3) is 5.76 Å². The Hall–Kier alpha value is -5.11. The molecule has 1 saturated heterocycles. The lowest BCUT2D eigenvalue weighted by atomic mass is 9.94. The SMILES string of the molecule is CCOc1cc(C2/C(=C(\O)c3ccc(OC)cc3)C(=O)C(=O)N2Cc2ccncc2)ccc1OCc1ccccc1. The molecule has 0 aliphatic carbocycles. The summed E-state index contributed by atoms with van der Waals surface area (Å²) in [5.41, 5.74) is 2.79. The number of methoxy groups -OCH3 is 1. The van der Waals surface area contributed by atoms with Gasteiger partial charge in [-0.15, -0.1) is 0 Å². The van der Waals surface area contributed by atoms with E-state index in [9.17, 15) is 14.7 Å². The molecule has 8 nitrogen and oxygen atoms in total. The molecule has 5 rings (SSSR count). The highest BCUT2D eigenvalue weighted by Crippen LogP contribution is 2.43. The second-order valence-corrected chi connectivity index (χ2v) is 9.42. The summed E-state index contributed by atoms with van der Waals surface area (Å²) in [4.78, 5) is 32.4. The minimum atomic E-state index is -0.868. The molecule has 1 aromatic heterocycles. The topological polar surface area (TPSA) is 98.2 Å². The van der Waals surface area contributed by atoms with Gasteiger partial charge in [-0.2, -0.15) is 0 Å². The molecule has 1 fully saturated rings. The molecule has 0 saturated carbocycles. The molecule has 1 atom stereocenters. The standard InChI is InChI=1S/C33H30N2O6/c1-3-40-28-19-25(11-14-27(28)41-21-23-7-5-4-6-8-23)30-29(31(36)24-9-12-26(39-2)13-10-24)32(37)33(38)35(30)20-22-15-17-34-18-16-22/h4-19,30,36H,3,20-21H2,1-2H3/b31-29+. The van der Waals surface area contributed by atoms with Crippen LogP contribution < -0.4 is 14.2 Å². The van der Waals surface area contributed by atoms with Crippen molar-refractivity contribution >= 4 is 17.4 Å². The maximum atomic E-state index is 13.5. The number of likely N-dealkylation sites (tertiary alicyclic amines) is 1. The predicted molar refractivity (Wildman–Crippen MR) is 153 cm³/mol. The number of rotatable bonds is 10. The lowest BCUT2D eigenvalue weighted by Crippen LogP contribution is -2.29. The van der Waals surface area contributed by atoms with Gasteiger partial charge in [-0.1, -0.05) is 36.4 Å². The number of ether oxygens (including phenoxy) is 3. The number of benzene rings is 3. The summed E-state index contributed by atoms with van der Waals surface area (Å²) in [6, 6.07) is 24.5. The molecule has 1 unspecified atom stereocenters. The summed E-state index contributed by atoms with van der Waals surface area (Å²) in [7, 11) is 1.54. The van der Waals surface area contributed by atoms with Crippen molar-refractivity contribution in [3.63, 3.8) is 0 Å². The molecule has 2 heterocycles. The van der Waals surface area contributed by atoms with Gasteiger partial charge in [0.05, 0.1) is 25.3 Å². The lowest BCUT2D eigenvalue weighted by molar-refractivity contribution is -0.140.